The van der Waals surface area contributed by atoms with Crippen molar-refractivity contribution in [3.05, 3.63) is 52.4 Å². The topological polar surface area (TPSA) is 130 Å². The molecule has 3 aromatic rings. The second-order valence-electron chi connectivity index (χ2n) is 5.59. The maximum absolute atomic E-state index is 12.5. The van der Waals surface area contributed by atoms with Crippen LogP contribution in [-0.2, 0) is 19.8 Å². The molecule has 0 radical (unpaired) electrons. The molecule has 0 aliphatic heterocycles. The molecule has 12 nitrogen and oxygen atoms in total. The first-order valence-corrected chi connectivity index (χ1v) is 7.80. The summed E-state index contributed by atoms with van der Waals surface area (Å²) < 4.78 is 4.51. The molecule has 1 amide bonds. The largest absolute Gasteiger partial charge is 0.491 e. The molecule has 3 aromatic heterocycles. The summed E-state index contributed by atoms with van der Waals surface area (Å²) in [5.74, 6) is -0.724. The van der Waals surface area contributed by atoms with Crippen LogP contribution in [-0.4, -0.2) is 57.1 Å². The van der Waals surface area contributed by atoms with Crippen molar-refractivity contribution >= 4 is 11.9 Å². The third kappa shape index (κ3) is 3.74. The Morgan fingerprint density at radius 3 is 2.77 bits per heavy atom. The summed E-state index contributed by atoms with van der Waals surface area (Å²) in [4.78, 5) is 27.5. The Morgan fingerprint density at radius 1 is 1.31 bits per heavy atom. The second-order valence-corrected chi connectivity index (χ2v) is 5.59. The zero-order chi connectivity index (χ0) is 18.7. The normalized spacial score (nSPS) is 10.8. The lowest BCUT2D eigenvalue weighted by molar-refractivity contribution is -0.394. The number of nitrogens with zero attached hydrogens (tertiary/aromatic N) is 9. The van der Waals surface area contributed by atoms with Crippen LogP contribution in [0.15, 0.2) is 31.0 Å². The van der Waals surface area contributed by atoms with Gasteiger partial charge in [0.1, 0.15) is 5.69 Å². The molecule has 0 saturated heterocycles. The highest BCUT2D eigenvalue weighted by Crippen LogP contribution is 2.07. The van der Waals surface area contributed by atoms with Crippen LogP contribution in [0.2, 0.25) is 0 Å². The summed E-state index contributed by atoms with van der Waals surface area (Å²) in [6.45, 7) is 3.28. The monoisotopic (exact) mass is 359 g/mol. The van der Waals surface area contributed by atoms with Crippen molar-refractivity contribution in [2.75, 3.05) is 7.05 Å². The number of nitro groups is 1. The van der Waals surface area contributed by atoms with Crippen molar-refractivity contribution in [3.8, 4) is 0 Å². The number of carbonyl (C=O) groups excluding carboxylic acids is 1. The van der Waals surface area contributed by atoms with Crippen LogP contribution >= 0.6 is 0 Å². The average molecular weight is 359 g/mol. The minimum atomic E-state index is -0.676. The van der Waals surface area contributed by atoms with Gasteiger partial charge in [-0.3, -0.25) is 9.48 Å². The molecule has 0 aromatic carbocycles. The molecule has 0 N–H and O–H groups in total. The molecule has 0 aliphatic rings. The SMILES string of the molecule is CCn1cc(CN(C)C(=O)c2ccn(Cn3cnc([N+](=O)[O-])n3)n2)cn1. The summed E-state index contributed by atoms with van der Waals surface area (Å²) in [5, 5.41) is 22.7. The van der Waals surface area contributed by atoms with Gasteiger partial charge in [0.25, 0.3) is 5.91 Å². The molecule has 0 saturated carbocycles. The van der Waals surface area contributed by atoms with E-state index in [1.807, 2.05) is 13.1 Å². The van der Waals surface area contributed by atoms with Crippen LogP contribution in [0.4, 0.5) is 5.95 Å². The minimum Gasteiger partial charge on any atom is -0.390 e. The first-order chi connectivity index (χ1) is 12.5. The highest BCUT2D eigenvalue weighted by atomic mass is 16.6. The number of rotatable bonds is 7. The molecule has 0 unspecified atom stereocenters. The number of aryl methyl sites for hydroxylation is 1. The van der Waals surface area contributed by atoms with Gasteiger partial charge in [0, 0.05) is 43.2 Å². The summed E-state index contributed by atoms with van der Waals surface area (Å²) in [7, 11) is 1.69. The molecule has 0 spiro atoms. The predicted molar refractivity (Wildman–Crippen MR) is 88.0 cm³/mol. The zero-order valence-electron chi connectivity index (χ0n) is 14.3. The number of aromatic nitrogens is 7. The lowest BCUT2D eigenvalue weighted by atomic mass is 10.3. The molecular weight excluding hydrogens is 342 g/mol. The van der Waals surface area contributed by atoms with E-state index >= 15 is 0 Å². The van der Waals surface area contributed by atoms with Crippen LogP contribution in [0, 0.1) is 10.1 Å². The molecule has 3 heterocycles. The molecule has 0 fully saturated rings. The van der Waals surface area contributed by atoms with E-state index in [0.29, 0.717) is 6.54 Å². The van der Waals surface area contributed by atoms with E-state index in [1.54, 1.807) is 35.1 Å². The third-order valence-electron chi connectivity index (χ3n) is 3.61. The van der Waals surface area contributed by atoms with Gasteiger partial charge >= 0.3 is 5.95 Å². The van der Waals surface area contributed by atoms with E-state index in [2.05, 4.69) is 20.3 Å². The molecule has 0 atom stereocenters. The van der Waals surface area contributed by atoms with Crippen LogP contribution in [0.5, 0.6) is 0 Å². The molecule has 12 heteroatoms. The van der Waals surface area contributed by atoms with Crippen molar-refractivity contribution in [2.24, 2.45) is 0 Å². The van der Waals surface area contributed by atoms with Crippen molar-refractivity contribution < 1.29 is 9.72 Å². The number of hydrogen-bond donors (Lipinski definition) is 0. The zero-order valence-corrected chi connectivity index (χ0v) is 14.3. The van der Waals surface area contributed by atoms with Crippen LogP contribution in [0.3, 0.4) is 0 Å². The van der Waals surface area contributed by atoms with E-state index in [1.165, 1.54) is 15.7 Å². The first kappa shape index (κ1) is 17.3. The van der Waals surface area contributed by atoms with Crippen molar-refractivity contribution in [1.29, 1.82) is 0 Å². The summed E-state index contributed by atoms with van der Waals surface area (Å²) in [5.41, 5.74) is 1.20. The quantitative estimate of drug-likeness (QED) is 0.440. The highest BCUT2D eigenvalue weighted by Gasteiger charge is 2.17. The summed E-state index contributed by atoms with van der Waals surface area (Å²) in [6.07, 6.45) is 6.45. The van der Waals surface area contributed by atoms with Crippen LogP contribution in [0.1, 0.15) is 23.0 Å². The predicted octanol–water partition coefficient (Wildman–Crippen LogP) is 0.377. The van der Waals surface area contributed by atoms with Gasteiger partial charge in [-0.1, -0.05) is 4.98 Å². The molecule has 3 rings (SSSR count). The van der Waals surface area contributed by atoms with Gasteiger partial charge < -0.3 is 15.0 Å². The van der Waals surface area contributed by atoms with Gasteiger partial charge in [-0.25, -0.2) is 4.68 Å². The maximum atomic E-state index is 12.5. The van der Waals surface area contributed by atoms with Gasteiger partial charge in [-0.2, -0.15) is 14.9 Å². The van der Waals surface area contributed by atoms with E-state index in [-0.39, 0.29) is 18.3 Å². The van der Waals surface area contributed by atoms with E-state index < -0.39 is 10.9 Å². The lowest BCUT2D eigenvalue weighted by Gasteiger charge is -2.14. The standard InChI is InChI=1S/C14H17N9O3/c1-3-20-8-11(6-16-20)7-19(2)13(24)12-4-5-21(17-12)10-22-9-15-14(18-22)23(25)26/h4-6,8-9H,3,7,10H2,1-2H3. The van der Waals surface area contributed by atoms with Gasteiger partial charge in [0.15, 0.2) is 6.67 Å². The van der Waals surface area contributed by atoms with Gasteiger partial charge in [0.05, 0.1) is 6.20 Å². The first-order valence-electron chi connectivity index (χ1n) is 7.80. The molecule has 26 heavy (non-hydrogen) atoms. The Balaban J connectivity index is 1.63. The second kappa shape index (κ2) is 7.13. The fourth-order valence-electron chi connectivity index (χ4n) is 2.34. The Kier molecular flexibility index (Phi) is 4.73. The van der Waals surface area contributed by atoms with Crippen LogP contribution < -0.4 is 0 Å². The Labute approximate surface area is 147 Å². The van der Waals surface area contributed by atoms with E-state index in [9.17, 15) is 14.9 Å². The lowest BCUT2D eigenvalue weighted by Crippen LogP contribution is -2.26. The third-order valence-corrected chi connectivity index (χ3v) is 3.61. The van der Waals surface area contributed by atoms with E-state index in [4.69, 9.17) is 0 Å². The molecule has 0 bridgehead atoms. The average Bonchev–Trinajstić information content (AvgIpc) is 3.35. The fourth-order valence-corrected chi connectivity index (χ4v) is 2.34. The number of carbonyl (C=O) groups is 1. The Morgan fingerprint density at radius 2 is 2.12 bits per heavy atom. The van der Waals surface area contributed by atoms with Gasteiger partial charge in [-0.05, 0) is 17.9 Å². The summed E-state index contributed by atoms with van der Waals surface area (Å²) >= 11 is 0. The van der Waals surface area contributed by atoms with Crippen LogP contribution in [0.25, 0.3) is 0 Å². The number of hydrogen-bond acceptors (Lipinski definition) is 7. The minimum absolute atomic E-state index is 0.112. The smallest absolute Gasteiger partial charge is 0.390 e. The molecular formula is C14H17N9O3. The Bertz CT molecular complexity index is 926. The van der Waals surface area contributed by atoms with Crippen molar-refractivity contribution in [3.63, 3.8) is 0 Å². The highest BCUT2D eigenvalue weighted by molar-refractivity contribution is 5.91. The molecule has 136 valence electrons. The summed E-state index contributed by atoms with van der Waals surface area (Å²) in [6, 6.07) is 1.58. The van der Waals surface area contributed by atoms with Crippen molar-refractivity contribution in [2.45, 2.75) is 26.7 Å². The fraction of sp³-hybridized carbons (Fsp3) is 0.357. The van der Waals surface area contributed by atoms with E-state index in [0.717, 1.165) is 12.1 Å². The number of amides is 1. The van der Waals surface area contributed by atoms with Gasteiger partial charge in [-0.15, -0.1) is 0 Å². The van der Waals surface area contributed by atoms with Gasteiger partial charge in [0.2, 0.25) is 6.33 Å². The molecule has 0 aliphatic carbocycles. The maximum Gasteiger partial charge on any atom is 0.491 e. The van der Waals surface area contributed by atoms with Crippen molar-refractivity contribution in [1.82, 2.24) is 39.2 Å². The Hall–Kier alpha value is -3.57.